The summed E-state index contributed by atoms with van der Waals surface area (Å²) in [5.41, 5.74) is 0.342. The van der Waals surface area contributed by atoms with Crippen molar-refractivity contribution in [1.82, 2.24) is 15.1 Å². The van der Waals surface area contributed by atoms with Crippen LogP contribution in [0.3, 0.4) is 0 Å². The second-order valence-electron chi connectivity index (χ2n) is 7.60. The quantitative estimate of drug-likeness (QED) is 0.755. The molecule has 0 spiro atoms. The van der Waals surface area contributed by atoms with Crippen LogP contribution < -0.4 is 5.32 Å². The SMILES string of the molecule is COC[C@@H]1CN(CCN2CCNC(Cc3ccc(C(F)(F)F)cc3)C2)CCO1. The largest absolute Gasteiger partial charge is 0.416 e. The fourth-order valence-corrected chi connectivity index (χ4v) is 3.90. The predicted octanol–water partition coefficient (Wildman–Crippen LogP) is 1.87. The van der Waals surface area contributed by atoms with Crippen molar-refractivity contribution in [3.8, 4) is 0 Å². The molecule has 8 heteroatoms. The summed E-state index contributed by atoms with van der Waals surface area (Å²) in [6.45, 7) is 8.01. The van der Waals surface area contributed by atoms with Gasteiger partial charge in [0.15, 0.2) is 0 Å². The van der Waals surface area contributed by atoms with E-state index in [1.807, 2.05) is 0 Å². The highest BCUT2D eigenvalue weighted by Crippen LogP contribution is 2.29. The van der Waals surface area contributed by atoms with Gasteiger partial charge in [-0.25, -0.2) is 0 Å². The van der Waals surface area contributed by atoms with Gasteiger partial charge < -0.3 is 14.8 Å². The maximum absolute atomic E-state index is 12.7. The number of halogens is 3. The number of alkyl halides is 3. The normalized spacial score (nSPS) is 25.1. The minimum atomic E-state index is -4.28. The second-order valence-corrected chi connectivity index (χ2v) is 7.60. The molecule has 28 heavy (non-hydrogen) atoms. The number of methoxy groups -OCH3 is 1. The van der Waals surface area contributed by atoms with Crippen molar-refractivity contribution in [2.75, 3.05) is 66.1 Å². The Hall–Kier alpha value is -1.19. The van der Waals surface area contributed by atoms with Gasteiger partial charge in [-0.15, -0.1) is 0 Å². The average molecular weight is 401 g/mol. The smallest absolute Gasteiger partial charge is 0.382 e. The van der Waals surface area contributed by atoms with E-state index >= 15 is 0 Å². The lowest BCUT2D eigenvalue weighted by molar-refractivity contribution is -0.137. The van der Waals surface area contributed by atoms with Gasteiger partial charge >= 0.3 is 6.18 Å². The summed E-state index contributed by atoms with van der Waals surface area (Å²) in [5, 5.41) is 3.49. The molecule has 0 bridgehead atoms. The maximum atomic E-state index is 12.7. The van der Waals surface area contributed by atoms with E-state index in [0.717, 1.165) is 64.4 Å². The lowest BCUT2D eigenvalue weighted by Crippen LogP contribution is -2.54. The van der Waals surface area contributed by atoms with Gasteiger partial charge in [0.05, 0.1) is 24.9 Å². The minimum absolute atomic E-state index is 0.147. The van der Waals surface area contributed by atoms with Crippen LogP contribution in [-0.2, 0) is 22.1 Å². The summed E-state index contributed by atoms with van der Waals surface area (Å²) >= 11 is 0. The summed E-state index contributed by atoms with van der Waals surface area (Å²) in [4.78, 5) is 4.85. The maximum Gasteiger partial charge on any atom is 0.416 e. The lowest BCUT2D eigenvalue weighted by Gasteiger charge is -2.37. The van der Waals surface area contributed by atoms with Crippen molar-refractivity contribution >= 4 is 0 Å². The van der Waals surface area contributed by atoms with Crippen LogP contribution in [0.2, 0.25) is 0 Å². The first-order chi connectivity index (χ1) is 13.4. The molecule has 0 radical (unpaired) electrons. The first-order valence-electron chi connectivity index (χ1n) is 9.89. The van der Waals surface area contributed by atoms with Crippen LogP contribution >= 0.6 is 0 Å². The summed E-state index contributed by atoms with van der Waals surface area (Å²) in [7, 11) is 1.69. The zero-order chi connectivity index (χ0) is 20.0. The molecule has 2 fully saturated rings. The van der Waals surface area contributed by atoms with Gasteiger partial charge in [0.25, 0.3) is 0 Å². The number of morpholine rings is 1. The number of hydrogen-bond donors (Lipinski definition) is 1. The number of nitrogens with one attached hydrogen (secondary N) is 1. The van der Waals surface area contributed by atoms with E-state index < -0.39 is 11.7 Å². The van der Waals surface area contributed by atoms with Crippen molar-refractivity contribution < 1.29 is 22.6 Å². The fraction of sp³-hybridized carbons (Fsp3) is 0.700. The second kappa shape index (κ2) is 10.0. The molecule has 0 amide bonds. The van der Waals surface area contributed by atoms with E-state index in [2.05, 4.69) is 15.1 Å². The Morgan fingerprint density at radius 2 is 1.82 bits per heavy atom. The molecule has 0 saturated carbocycles. The molecule has 2 saturated heterocycles. The molecule has 1 aromatic carbocycles. The molecule has 3 rings (SSSR count). The van der Waals surface area contributed by atoms with Gasteiger partial charge in [-0.2, -0.15) is 13.2 Å². The van der Waals surface area contributed by atoms with Crippen LogP contribution in [0.4, 0.5) is 13.2 Å². The first kappa shape index (κ1) is 21.5. The molecule has 2 atom stereocenters. The molecule has 0 aliphatic carbocycles. The van der Waals surface area contributed by atoms with Crippen LogP contribution in [0.5, 0.6) is 0 Å². The van der Waals surface area contributed by atoms with Gasteiger partial charge in [-0.1, -0.05) is 12.1 Å². The Labute approximate surface area is 164 Å². The Morgan fingerprint density at radius 1 is 1.11 bits per heavy atom. The summed E-state index contributed by atoms with van der Waals surface area (Å²) < 4.78 is 49.0. The molecule has 0 aromatic heterocycles. The third kappa shape index (κ3) is 6.42. The van der Waals surface area contributed by atoms with Crippen molar-refractivity contribution in [2.24, 2.45) is 0 Å². The van der Waals surface area contributed by atoms with Gasteiger partial charge in [0, 0.05) is 59.0 Å². The molecule has 5 nitrogen and oxygen atoms in total. The molecule has 1 aromatic rings. The number of benzene rings is 1. The predicted molar refractivity (Wildman–Crippen MR) is 101 cm³/mol. The molecule has 2 aliphatic heterocycles. The van der Waals surface area contributed by atoms with E-state index in [0.29, 0.717) is 6.61 Å². The van der Waals surface area contributed by atoms with Crippen LogP contribution in [-0.4, -0.2) is 88.1 Å². The van der Waals surface area contributed by atoms with Crippen LogP contribution in [0.1, 0.15) is 11.1 Å². The van der Waals surface area contributed by atoms with Gasteiger partial charge in [0.1, 0.15) is 0 Å². The Kier molecular flexibility index (Phi) is 7.70. The minimum Gasteiger partial charge on any atom is -0.382 e. The zero-order valence-corrected chi connectivity index (χ0v) is 16.4. The number of rotatable bonds is 7. The van der Waals surface area contributed by atoms with E-state index in [1.165, 1.54) is 12.1 Å². The molecular weight excluding hydrogens is 371 g/mol. The summed E-state index contributed by atoms with van der Waals surface area (Å²) in [6.07, 6.45) is -3.39. The number of ether oxygens (including phenoxy) is 2. The molecule has 158 valence electrons. The molecular formula is C20H30F3N3O2. The van der Waals surface area contributed by atoms with Gasteiger partial charge in [-0.05, 0) is 24.1 Å². The van der Waals surface area contributed by atoms with Gasteiger partial charge in [0.2, 0.25) is 0 Å². The Balaban J connectivity index is 1.44. The number of hydrogen-bond acceptors (Lipinski definition) is 5. The Morgan fingerprint density at radius 3 is 2.50 bits per heavy atom. The fourth-order valence-electron chi connectivity index (χ4n) is 3.90. The van der Waals surface area contributed by atoms with Gasteiger partial charge in [-0.3, -0.25) is 9.80 Å². The molecule has 2 aliphatic rings. The lowest BCUT2D eigenvalue weighted by atomic mass is 10.0. The average Bonchev–Trinajstić information content (AvgIpc) is 2.67. The monoisotopic (exact) mass is 401 g/mol. The van der Waals surface area contributed by atoms with Crippen LogP contribution in [0.25, 0.3) is 0 Å². The first-order valence-corrected chi connectivity index (χ1v) is 9.89. The topological polar surface area (TPSA) is 37.0 Å². The van der Waals surface area contributed by atoms with Crippen LogP contribution in [0, 0.1) is 0 Å². The Bertz CT molecular complexity index is 595. The third-order valence-corrected chi connectivity index (χ3v) is 5.41. The summed E-state index contributed by atoms with van der Waals surface area (Å²) in [6, 6.07) is 5.78. The van der Waals surface area contributed by atoms with Crippen molar-refractivity contribution in [3.63, 3.8) is 0 Å². The van der Waals surface area contributed by atoms with E-state index in [9.17, 15) is 13.2 Å². The third-order valence-electron chi connectivity index (χ3n) is 5.41. The summed E-state index contributed by atoms with van der Waals surface area (Å²) in [5.74, 6) is 0. The zero-order valence-electron chi connectivity index (χ0n) is 16.4. The molecule has 2 heterocycles. The van der Waals surface area contributed by atoms with E-state index in [4.69, 9.17) is 9.47 Å². The number of nitrogens with zero attached hydrogens (tertiary/aromatic N) is 2. The highest BCUT2D eigenvalue weighted by molar-refractivity contribution is 5.25. The van der Waals surface area contributed by atoms with Crippen LogP contribution in [0.15, 0.2) is 24.3 Å². The highest BCUT2D eigenvalue weighted by atomic mass is 19.4. The molecule has 1 N–H and O–H groups in total. The molecule has 1 unspecified atom stereocenters. The number of piperazine rings is 1. The van der Waals surface area contributed by atoms with E-state index in [1.54, 1.807) is 19.2 Å². The highest BCUT2D eigenvalue weighted by Gasteiger charge is 2.30. The van der Waals surface area contributed by atoms with Crippen molar-refractivity contribution in [2.45, 2.75) is 24.7 Å². The van der Waals surface area contributed by atoms with Crippen molar-refractivity contribution in [1.29, 1.82) is 0 Å². The standard InChI is InChI=1S/C20H30F3N3O2/c1-27-15-19-14-26(10-11-28-19)9-8-25-7-6-24-18(13-25)12-16-2-4-17(5-3-16)20(21,22)23/h2-5,18-19,24H,6-15H2,1H3/t18?,19-/m0/s1. The van der Waals surface area contributed by atoms with E-state index in [-0.39, 0.29) is 12.1 Å². The van der Waals surface area contributed by atoms with Crippen molar-refractivity contribution in [3.05, 3.63) is 35.4 Å².